The van der Waals surface area contributed by atoms with Crippen molar-refractivity contribution in [1.29, 1.82) is 0 Å². The number of azo groups is 3. The number of ether oxygens (including phenoxy) is 2. The summed E-state index contributed by atoms with van der Waals surface area (Å²) in [7, 11) is -12.3. The number of carboxylic acids is 1. The maximum Gasteiger partial charge on any atom is 0.338 e. The first-order valence-electron chi connectivity index (χ1n) is 20.3. The summed E-state index contributed by atoms with van der Waals surface area (Å²) in [6.45, 7) is 4.36. The molecule has 0 atom stereocenters. The highest BCUT2D eigenvalue weighted by Crippen LogP contribution is 2.42. The first kappa shape index (κ1) is 55.9. The lowest BCUT2D eigenvalue weighted by Crippen LogP contribution is -2.15. The normalized spacial score (nSPS) is 12.3. The number of aromatic nitrogens is 2. The third kappa shape index (κ3) is 15.7. The molecule has 384 valence electrons. The van der Waals surface area contributed by atoms with Crippen LogP contribution in [0.5, 0.6) is 17.4 Å². The van der Waals surface area contributed by atoms with Crippen molar-refractivity contribution in [2.45, 2.75) is 38.5 Å². The van der Waals surface area contributed by atoms with Crippen LogP contribution in [0.1, 0.15) is 50.2 Å². The third-order valence-electron chi connectivity index (χ3n) is 9.50. The summed E-state index contributed by atoms with van der Waals surface area (Å²) in [6.07, 6.45) is 0.455. The fourth-order valence-corrected chi connectivity index (χ4v) is 7.72. The van der Waals surface area contributed by atoms with Crippen LogP contribution in [-0.4, -0.2) is 107 Å². The van der Waals surface area contributed by atoms with Gasteiger partial charge in [0.25, 0.3) is 36.3 Å². The molecule has 0 spiro atoms. The number of amides is 1. The molecule has 0 bridgehead atoms. The summed E-state index contributed by atoms with van der Waals surface area (Å²) in [6, 6.07) is 16.7. The van der Waals surface area contributed by atoms with Crippen molar-refractivity contribution in [2.24, 2.45) is 36.4 Å². The molecule has 0 radical (unpaired) electrons. The highest BCUT2D eigenvalue weighted by molar-refractivity contribution is 7.94. The maximum atomic E-state index is 12.7. The van der Waals surface area contributed by atoms with Gasteiger partial charge in [0.2, 0.25) is 5.88 Å². The minimum atomic E-state index is -4.33. The minimum Gasteiger partial charge on any atom is -0.493 e. The van der Waals surface area contributed by atoms with Crippen molar-refractivity contribution in [3.63, 3.8) is 0 Å². The summed E-state index contributed by atoms with van der Waals surface area (Å²) in [4.78, 5) is 29.5. The zero-order valence-electron chi connectivity index (χ0n) is 38.0. The Morgan fingerprint density at radius 1 is 0.722 bits per heavy atom. The van der Waals surface area contributed by atoms with Crippen molar-refractivity contribution in [3.8, 4) is 17.4 Å². The average Bonchev–Trinajstić information content (AvgIpc) is 3.66. The van der Waals surface area contributed by atoms with Gasteiger partial charge >= 0.3 is 5.97 Å². The maximum absolute atomic E-state index is 12.7. The van der Waals surface area contributed by atoms with Gasteiger partial charge in [0.1, 0.15) is 34.2 Å². The Balaban J connectivity index is 0.00000183. The summed E-state index contributed by atoms with van der Waals surface area (Å²) in [5.74, 6) is -3.76. The van der Waals surface area contributed by atoms with E-state index in [-0.39, 0.29) is 98.9 Å². The highest BCUT2D eigenvalue weighted by Gasteiger charge is 2.24. The van der Waals surface area contributed by atoms with Crippen LogP contribution in [-0.2, 0) is 39.7 Å². The van der Waals surface area contributed by atoms with Crippen LogP contribution in [0.4, 0.5) is 34.1 Å². The highest BCUT2D eigenvalue weighted by atomic mass is 32.2. The fraction of sp³-hybridized carbons (Fsp3) is 0.244. The van der Waals surface area contributed by atoms with E-state index in [0.717, 1.165) is 0 Å². The molecule has 0 aliphatic rings. The van der Waals surface area contributed by atoms with E-state index >= 15 is 0 Å². The quantitative estimate of drug-likeness (QED) is 0.00887. The summed E-state index contributed by atoms with van der Waals surface area (Å²) in [5, 5.41) is 59.0. The molecule has 0 unspecified atom stereocenters. The number of rotatable bonds is 21. The number of hydrogen-bond acceptors (Lipinski definition) is 22. The van der Waals surface area contributed by atoms with Crippen molar-refractivity contribution in [2.75, 3.05) is 31.0 Å². The second-order valence-electron chi connectivity index (χ2n) is 15.0. The van der Waals surface area contributed by atoms with E-state index in [2.05, 4.69) is 45.0 Å². The van der Waals surface area contributed by atoms with Crippen molar-refractivity contribution in [1.82, 2.24) is 9.38 Å². The third-order valence-corrected chi connectivity index (χ3v) is 11.7. The standard InChI is InChI=1S/C40H39N9O15S3.CH4O3S/c1-21-16-30(33(61-12-6-14-66(55,56)57)19-28(21)44-43-26-11-10-24(65-64-63-54)18-25(26)40(52)53)46-45-29-20-34(62-13-7-15-67(58,59)60)31(17-22(29)2)47-48-36-23(3)35(37(41)50)38-42-27-8-4-5-9-32(27)49(38)39(36)51;1-5(2,3)4/h4-5,8-11,16-20,51,54H,6-7,12-15H2,1-3H3,(H2,41,50)(H,52,53)(H,55,56,57)(H,58,59,60);1H3,(H,2,3,4). The summed E-state index contributed by atoms with van der Waals surface area (Å²) < 4.78 is 108. The predicted molar refractivity (Wildman–Crippen MR) is 257 cm³/mol. The predicted octanol–water partition coefficient (Wildman–Crippen LogP) is 8.41. The number of aromatic carboxylic acids is 1. The van der Waals surface area contributed by atoms with Gasteiger partial charge in [0.05, 0.1) is 76.6 Å². The zero-order valence-corrected chi connectivity index (χ0v) is 41.2. The number of pyridine rings is 1. The molecule has 0 aliphatic carbocycles. The van der Waals surface area contributed by atoms with E-state index in [9.17, 15) is 54.2 Å². The number of imidazole rings is 1. The van der Waals surface area contributed by atoms with Gasteiger partial charge in [-0.1, -0.05) is 17.2 Å². The van der Waals surface area contributed by atoms with Crippen LogP contribution >= 0.6 is 12.0 Å². The van der Waals surface area contributed by atoms with E-state index in [1.165, 1.54) is 53.8 Å². The second kappa shape index (κ2) is 23.9. The first-order valence-corrected chi connectivity index (χ1v) is 26.1. The number of carboxylic acid groups (broad SMARTS) is 1. The van der Waals surface area contributed by atoms with Gasteiger partial charge in [-0.05, 0) is 92.8 Å². The lowest BCUT2D eigenvalue weighted by Gasteiger charge is -2.13. The Morgan fingerprint density at radius 2 is 1.22 bits per heavy atom. The van der Waals surface area contributed by atoms with Crippen LogP contribution in [0, 0.1) is 20.8 Å². The number of primary amides is 1. The molecule has 72 heavy (non-hydrogen) atoms. The van der Waals surface area contributed by atoms with Gasteiger partial charge in [-0.2, -0.15) is 35.5 Å². The summed E-state index contributed by atoms with van der Waals surface area (Å²) in [5.41, 5.74) is 8.00. The largest absolute Gasteiger partial charge is 0.493 e. The van der Waals surface area contributed by atoms with Gasteiger partial charge in [0.15, 0.2) is 5.65 Å². The zero-order chi connectivity index (χ0) is 53.1. The molecule has 31 heteroatoms. The molecule has 1 amide bonds. The minimum absolute atomic E-state index is 0.00954. The van der Waals surface area contributed by atoms with Crippen LogP contribution in [0.3, 0.4) is 0 Å². The molecule has 27 nitrogen and oxygen atoms in total. The number of carbonyl (C=O) groups is 2. The molecule has 2 aromatic heterocycles. The molecule has 2 heterocycles. The molecule has 6 aromatic rings. The average molecular weight is 1080 g/mol. The Kier molecular flexibility index (Phi) is 18.5. The van der Waals surface area contributed by atoms with E-state index in [0.29, 0.717) is 40.5 Å². The Bertz CT molecular complexity index is 3470. The Hall–Kier alpha value is -7.07. The summed E-state index contributed by atoms with van der Waals surface area (Å²) >= 11 is 0.541. The van der Waals surface area contributed by atoms with Crippen molar-refractivity contribution >= 4 is 105 Å². The topological polar surface area (TPSA) is 412 Å². The lowest BCUT2D eigenvalue weighted by atomic mass is 10.1. The Morgan fingerprint density at radius 3 is 1.72 bits per heavy atom. The van der Waals surface area contributed by atoms with E-state index in [1.807, 2.05) is 0 Å². The molecule has 4 aromatic carbocycles. The fourth-order valence-electron chi connectivity index (χ4n) is 6.36. The molecule has 0 saturated carbocycles. The van der Waals surface area contributed by atoms with Gasteiger partial charge in [-0.3, -0.25) is 22.9 Å². The molecular weight excluding hydrogens is 1030 g/mol. The van der Waals surface area contributed by atoms with E-state index in [4.69, 9.17) is 25.0 Å². The second-order valence-corrected chi connectivity index (χ2v) is 20.4. The van der Waals surface area contributed by atoms with Gasteiger partial charge in [-0.25, -0.2) is 15.0 Å². The number of carbonyl (C=O) groups excluding carboxylic acids is 1. The first-order chi connectivity index (χ1) is 33.7. The van der Waals surface area contributed by atoms with Gasteiger partial charge < -0.3 is 25.4 Å². The van der Waals surface area contributed by atoms with Crippen LogP contribution < -0.4 is 15.2 Å². The number of nitrogens with two attached hydrogens (primary N) is 1. The smallest absolute Gasteiger partial charge is 0.338 e. The van der Waals surface area contributed by atoms with Crippen LogP contribution in [0.2, 0.25) is 0 Å². The van der Waals surface area contributed by atoms with Gasteiger partial charge in [0, 0.05) is 17.0 Å². The number of nitrogens with zero attached hydrogens (tertiary/aromatic N) is 8. The van der Waals surface area contributed by atoms with E-state index in [1.54, 1.807) is 38.1 Å². The number of benzene rings is 4. The number of hydrogen-bond donors (Lipinski definition) is 7. The molecule has 6 rings (SSSR count). The molecule has 0 aliphatic heterocycles. The number of fused-ring (bicyclic) bond motifs is 3. The molecular formula is C41H43N9O18S4. The van der Waals surface area contributed by atoms with Crippen molar-refractivity contribution < 1.29 is 82.8 Å². The Labute approximate surface area is 413 Å². The number of aryl methyl sites for hydroxylation is 2. The van der Waals surface area contributed by atoms with Crippen molar-refractivity contribution in [3.05, 3.63) is 94.5 Å². The van der Waals surface area contributed by atoms with Crippen LogP contribution in [0.25, 0.3) is 16.7 Å². The lowest BCUT2D eigenvalue weighted by molar-refractivity contribution is -0.432. The van der Waals surface area contributed by atoms with Crippen LogP contribution in [0.15, 0.2) is 102 Å². The number of aromatic hydroxyl groups is 1. The monoisotopic (exact) mass is 1080 g/mol. The number of para-hydroxylation sites is 2. The van der Waals surface area contributed by atoms with E-state index < -0.39 is 59.6 Å². The molecule has 0 fully saturated rings. The van der Waals surface area contributed by atoms with Gasteiger partial charge in [-0.15, -0.1) is 24.8 Å². The molecule has 0 saturated heterocycles. The SMILES string of the molecule is CS(=O)(=O)O.Cc1cc(N=Nc2c(C)c(C(N)=O)c3nc4ccccc4n3c2O)c(OCCCS(=O)(=O)O)cc1N=Nc1cc(C)c(N=Nc2ccc(SOOO)cc2C(=O)O)cc1OCCCS(=O)(=O)O. The molecule has 8 N–H and O–H groups in total.